The summed E-state index contributed by atoms with van der Waals surface area (Å²) in [4.78, 5) is 20.6. The molecule has 9 rings (SSSR count). The van der Waals surface area contributed by atoms with Crippen molar-refractivity contribution in [2.24, 2.45) is 0 Å². The predicted octanol–water partition coefficient (Wildman–Crippen LogP) is 18.9. The minimum Gasteiger partial charge on any atom is -0.478 e. The van der Waals surface area contributed by atoms with E-state index in [1.165, 1.54) is 81.0 Å². The number of rotatable bonds is 20. The zero-order valence-corrected chi connectivity index (χ0v) is 41.3. The van der Waals surface area contributed by atoms with Crippen LogP contribution in [-0.2, 0) is 16.0 Å². The van der Waals surface area contributed by atoms with E-state index in [0.29, 0.717) is 5.57 Å². The van der Waals surface area contributed by atoms with Crippen molar-refractivity contribution < 1.29 is 9.90 Å². The second-order valence-electron chi connectivity index (χ2n) is 18.2. The topological polar surface area (TPSA) is 43.8 Å². The normalized spacial score (nSPS) is 14.9. The molecule has 0 bridgehead atoms. The van der Waals surface area contributed by atoms with Crippen molar-refractivity contribution in [2.75, 3.05) is 9.80 Å². The quantitative estimate of drug-likeness (QED) is 0.0609. The Kier molecular flexibility index (Phi) is 14.9. The van der Waals surface area contributed by atoms with Crippen LogP contribution in [0.4, 0.5) is 34.1 Å². The molecule has 2 heterocycles. The molecule has 68 heavy (non-hydrogen) atoms. The van der Waals surface area contributed by atoms with Gasteiger partial charge in [0.05, 0.1) is 11.4 Å². The summed E-state index contributed by atoms with van der Waals surface area (Å²) in [6, 6.07) is 62.2. The van der Waals surface area contributed by atoms with Gasteiger partial charge in [-0.1, -0.05) is 174 Å². The lowest BCUT2D eigenvalue weighted by Gasteiger charge is -2.35. The van der Waals surface area contributed by atoms with Gasteiger partial charge in [-0.05, 0) is 121 Å². The Morgan fingerprint density at radius 1 is 0.603 bits per heavy atom. The van der Waals surface area contributed by atoms with Gasteiger partial charge >= 0.3 is 5.97 Å². The summed E-state index contributed by atoms with van der Waals surface area (Å²) < 4.78 is -0.257. The molecule has 0 aliphatic carbocycles. The Labute approximate surface area is 411 Å². The van der Waals surface area contributed by atoms with Crippen LogP contribution in [-0.4, -0.2) is 11.1 Å². The van der Waals surface area contributed by atoms with E-state index in [0.717, 1.165) is 71.1 Å². The molecule has 0 amide bonds. The molecule has 344 valence electrons. The van der Waals surface area contributed by atoms with Gasteiger partial charge in [0, 0.05) is 58.5 Å². The van der Waals surface area contributed by atoms with E-state index < -0.39 is 5.97 Å². The van der Waals surface area contributed by atoms with E-state index in [1.807, 2.05) is 17.8 Å². The van der Waals surface area contributed by atoms with Gasteiger partial charge < -0.3 is 14.9 Å². The minimum absolute atomic E-state index is 0.257. The summed E-state index contributed by atoms with van der Waals surface area (Å²) in [6.45, 7) is 6.26. The van der Waals surface area contributed by atoms with E-state index >= 15 is 0 Å². The largest absolute Gasteiger partial charge is 0.478 e. The zero-order valence-electron chi connectivity index (χ0n) is 39.7. The highest BCUT2D eigenvalue weighted by Gasteiger charge is 2.40. The number of benzene rings is 7. The van der Waals surface area contributed by atoms with Gasteiger partial charge in [-0.15, -0.1) is 23.1 Å². The van der Waals surface area contributed by atoms with Crippen LogP contribution in [0.25, 0.3) is 32.5 Å². The van der Waals surface area contributed by atoms with E-state index in [-0.39, 0.29) is 4.75 Å². The summed E-state index contributed by atoms with van der Waals surface area (Å²) in [5.41, 5.74) is 9.68. The summed E-state index contributed by atoms with van der Waals surface area (Å²) in [7, 11) is 0. The molecule has 8 aromatic rings. The van der Waals surface area contributed by atoms with Crippen molar-refractivity contribution in [3.8, 4) is 0 Å². The number of allylic oxidation sites excluding steroid dienone is 1. The molecule has 0 spiro atoms. The summed E-state index contributed by atoms with van der Waals surface area (Å²) in [5, 5.41) is 14.7. The van der Waals surface area contributed by atoms with Gasteiger partial charge in [-0.25, -0.2) is 4.79 Å². The second-order valence-corrected chi connectivity index (χ2v) is 20.7. The van der Waals surface area contributed by atoms with E-state index in [2.05, 4.69) is 200 Å². The molecule has 1 aliphatic heterocycles. The van der Waals surface area contributed by atoms with E-state index in [1.54, 1.807) is 18.3 Å². The van der Waals surface area contributed by atoms with E-state index in [9.17, 15) is 9.90 Å². The summed E-state index contributed by atoms with van der Waals surface area (Å²) in [5.74, 6) is -0.873. The SMILES string of the molecule is CCCCCCc1cc(/C=C(/C)C(=O)O)sc1C1=CCC(CCCCCC)(c2cc(N(c3ccccc3)c3cccc4ccccc34)cc(N(c3ccccc3)c3cccc4ccccc34)c2)S1. The maximum atomic E-state index is 12.0. The fourth-order valence-corrected chi connectivity index (χ4v) is 12.7. The molecule has 0 radical (unpaired) electrons. The lowest BCUT2D eigenvalue weighted by atomic mass is 9.87. The molecule has 1 N–H and O–H groups in total. The first-order chi connectivity index (χ1) is 33.4. The Morgan fingerprint density at radius 2 is 1.13 bits per heavy atom. The Bertz CT molecular complexity index is 2910. The molecule has 0 saturated carbocycles. The van der Waals surface area contributed by atoms with Crippen molar-refractivity contribution in [1.29, 1.82) is 0 Å². The number of unbranched alkanes of at least 4 members (excludes halogenated alkanes) is 6. The highest BCUT2D eigenvalue weighted by atomic mass is 32.2. The van der Waals surface area contributed by atoms with Crippen LogP contribution in [0.5, 0.6) is 0 Å². The number of carbonyl (C=O) groups is 1. The lowest BCUT2D eigenvalue weighted by molar-refractivity contribution is -0.132. The van der Waals surface area contributed by atoms with Crippen LogP contribution in [0.15, 0.2) is 182 Å². The number of carboxylic acids is 1. The molecule has 0 saturated heterocycles. The van der Waals surface area contributed by atoms with Crippen molar-refractivity contribution >= 4 is 95.7 Å². The van der Waals surface area contributed by atoms with Crippen LogP contribution < -0.4 is 9.80 Å². The number of para-hydroxylation sites is 2. The standard InChI is InChI=1S/C62H62N2O2S2/c1-4-6-8-12-26-48-41-54(40-45(3)61(65)66)67-60(48)59-37-39-62(68-59,38-21-9-7-5-2)49-42-52(63(50-29-13-10-14-30-50)57-35-22-27-46-24-17-19-33-55(46)57)44-53(43-49)64(51-31-15-11-16-32-51)58-36-23-28-47-25-18-20-34-56(47)58/h10-11,13-20,22-25,27-37,40-44H,4-9,12,21,26,38-39H2,1-3H3,(H,65,66)/b45-40-. The average molecular weight is 931 g/mol. The number of hydrogen-bond acceptors (Lipinski definition) is 5. The molecular formula is C62H62N2O2S2. The van der Waals surface area contributed by atoms with Gasteiger partial charge in [-0.2, -0.15) is 0 Å². The first-order valence-corrected chi connectivity index (χ1v) is 26.2. The van der Waals surface area contributed by atoms with Gasteiger partial charge in [0.15, 0.2) is 0 Å². The second kappa shape index (κ2) is 21.7. The molecule has 1 atom stereocenters. The molecule has 6 heteroatoms. The van der Waals surface area contributed by atoms with Crippen LogP contribution in [0, 0.1) is 0 Å². The fraction of sp³-hybridized carbons (Fsp3) is 0.242. The van der Waals surface area contributed by atoms with Gasteiger partial charge in [0.1, 0.15) is 0 Å². The molecule has 0 fully saturated rings. The van der Waals surface area contributed by atoms with E-state index in [4.69, 9.17) is 0 Å². The lowest BCUT2D eigenvalue weighted by Crippen LogP contribution is -2.21. The number of nitrogens with zero attached hydrogens (tertiary/aromatic N) is 2. The molecule has 1 aromatic heterocycles. The number of aliphatic carboxylic acids is 1. The first-order valence-electron chi connectivity index (χ1n) is 24.6. The predicted molar refractivity (Wildman–Crippen MR) is 295 cm³/mol. The van der Waals surface area contributed by atoms with Crippen LogP contribution in [0.2, 0.25) is 0 Å². The third-order valence-corrected chi connectivity index (χ3v) is 16.3. The molecule has 1 aliphatic rings. The van der Waals surface area contributed by atoms with Gasteiger partial charge in [0.2, 0.25) is 0 Å². The highest BCUT2D eigenvalue weighted by molar-refractivity contribution is 8.09. The third-order valence-electron chi connectivity index (χ3n) is 13.4. The van der Waals surface area contributed by atoms with Gasteiger partial charge in [-0.3, -0.25) is 0 Å². The smallest absolute Gasteiger partial charge is 0.331 e. The number of thiophene rings is 1. The Balaban J connectivity index is 1.27. The number of anilines is 6. The van der Waals surface area contributed by atoms with Crippen molar-refractivity contribution in [3.05, 3.63) is 202 Å². The average Bonchev–Trinajstić information content (AvgIpc) is 4.00. The monoisotopic (exact) mass is 930 g/mol. The van der Waals surface area contributed by atoms with Crippen molar-refractivity contribution in [1.82, 2.24) is 0 Å². The van der Waals surface area contributed by atoms with Crippen LogP contribution >= 0.6 is 23.1 Å². The highest BCUT2D eigenvalue weighted by Crippen LogP contribution is 2.59. The van der Waals surface area contributed by atoms with Crippen molar-refractivity contribution in [2.45, 2.75) is 96.1 Å². The summed E-state index contributed by atoms with van der Waals surface area (Å²) in [6.07, 6.45) is 16.7. The summed E-state index contributed by atoms with van der Waals surface area (Å²) >= 11 is 3.80. The number of aryl methyl sites for hydroxylation is 1. The Hall–Kier alpha value is -6.34. The molecular weight excluding hydrogens is 869 g/mol. The van der Waals surface area contributed by atoms with Crippen LogP contribution in [0.3, 0.4) is 0 Å². The maximum Gasteiger partial charge on any atom is 0.331 e. The van der Waals surface area contributed by atoms with Gasteiger partial charge in [0.25, 0.3) is 0 Å². The maximum absolute atomic E-state index is 12.0. The Morgan fingerprint density at radius 3 is 1.69 bits per heavy atom. The number of carboxylic acid groups (broad SMARTS) is 1. The minimum atomic E-state index is -0.873. The molecule has 4 nitrogen and oxygen atoms in total. The zero-order chi connectivity index (χ0) is 46.9. The molecule has 1 unspecified atom stereocenters. The molecule has 7 aromatic carbocycles. The van der Waals surface area contributed by atoms with Crippen LogP contribution in [0.1, 0.15) is 106 Å². The number of thioether (sulfide) groups is 1. The number of fused-ring (bicyclic) bond motifs is 2. The number of hydrogen-bond donors (Lipinski definition) is 1. The first kappa shape index (κ1) is 46.8. The van der Waals surface area contributed by atoms with Crippen molar-refractivity contribution in [3.63, 3.8) is 0 Å². The fourth-order valence-electron chi connectivity index (χ4n) is 9.87. The third kappa shape index (κ3) is 10.2.